The SMILES string of the molecule is CC(C)C(N)CC(=O)NCCOC1CCCCC1. The molecule has 1 saturated carbocycles. The molecular weight excluding hydrogens is 228 g/mol. The largest absolute Gasteiger partial charge is 0.376 e. The quantitative estimate of drug-likeness (QED) is 0.683. The zero-order valence-electron chi connectivity index (χ0n) is 11.8. The van der Waals surface area contributed by atoms with Gasteiger partial charge in [-0.1, -0.05) is 33.1 Å². The number of ether oxygens (including phenoxy) is 1. The summed E-state index contributed by atoms with van der Waals surface area (Å²) in [6.07, 6.45) is 7.05. The Morgan fingerprint density at radius 3 is 2.61 bits per heavy atom. The molecule has 0 aromatic heterocycles. The lowest BCUT2D eigenvalue weighted by molar-refractivity contribution is -0.122. The van der Waals surface area contributed by atoms with Gasteiger partial charge in [0, 0.05) is 19.0 Å². The first-order valence-corrected chi connectivity index (χ1v) is 7.23. The standard InChI is InChI=1S/C14H28N2O2/c1-11(2)13(15)10-14(17)16-8-9-18-12-6-4-3-5-7-12/h11-13H,3-10,15H2,1-2H3,(H,16,17). The Morgan fingerprint density at radius 1 is 1.33 bits per heavy atom. The van der Waals surface area contributed by atoms with Crippen LogP contribution in [0.3, 0.4) is 0 Å². The predicted molar refractivity (Wildman–Crippen MR) is 73.3 cm³/mol. The Bertz CT molecular complexity index is 238. The molecule has 1 rings (SSSR count). The van der Waals surface area contributed by atoms with E-state index in [1.165, 1.54) is 32.1 Å². The maximum absolute atomic E-state index is 11.6. The molecular formula is C14H28N2O2. The van der Waals surface area contributed by atoms with Gasteiger partial charge in [0.05, 0.1) is 12.7 Å². The third kappa shape index (κ3) is 6.36. The highest BCUT2D eigenvalue weighted by atomic mass is 16.5. The van der Waals surface area contributed by atoms with Gasteiger partial charge in [-0.15, -0.1) is 0 Å². The van der Waals surface area contributed by atoms with Crippen LogP contribution < -0.4 is 11.1 Å². The number of hydrogen-bond acceptors (Lipinski definition) is 3. The van der Waals surface area contributed by atoms with Crippen LogP contribution in [0.4, 0.5) is 0 Å². The number of amides is 1. The highest BCUT2D eigenvalue weighted by molar-refractivity contribution is 5.76. The van der Waals surface area contributed by atoms with E-state index in [0.717, 1.165) is 0 Å². The molecule has 0 saturated heterocycles. The van der Waals surface area contributed by atoms with Gasteiger partial charge in [0.2, 0.25) is 5.91 Å². The molecule has 1 fully saturated rings. The van der Waals surface area contributed by atoms with Gasteiger partial charge in [-0.2, -0.15) is 0 Å². The Morgan fingerprint density at radius 2 is 2.00 bits per heavy atom. The molecule has 1 atom stereocenters. The summed E-state index contributed by atoms with van der Waals surface area (Å²) < 4.78 is 5.74. The van der Waals surface area contributed by atoms with E-state index >= 15 is 0 Å². The second-order valence-electron chi connectivity index (χ2n) is 5.59. The minimum atomic E-state index is -0.0516. The molecule has 1 amide bonds. The van der Waals surface area contributed by atoms with Crippen LogP contribution in [0.15, 0.2) is 0 Å². The van der Waals surface area contributed by atoms with E-state index in [4.69, 9.17) is 10.5 Å². The number of hydrogen-bond donors (Lipinski definition) is 2. The summed E-state index contributed by atoms with van der Waals surface area (Å²) in [4.78, 5) is 11.6. The van der Waals surface area contributed by atoms with Crippen molar-refractivity contribution in [3.05, 3.63) is 0 Å². The van der Waals surface area contributed by atoms with Crippen LogP contribution in [0.2, 0.25) is 0 Å². The second kappa shape index (κ2) is 8.48. The summed E-state index contributed by atoms with van der Waals surface area (Å²) in [6.45, 7) is 5.28. The summed E-state index contributed by atoms with van der Waals surface area (Å²) in [5.41, 5.74) is 5.85. The van der Waals surface area contributed by atoms with E-state index in [2.05, 4.69) is 5.32 Å². The minimum absolute atomic E-state index is 0.0310. The van der Waals surface area contributed by atoms with Crippen LogP contribution in [-0.4, -0.2) is 31.2 Å². The monoisotopic (exact) mass is 256 g/mol. The smallest absolute Gasteiger partial charge is 0.221 e. The van der Waals surface area contributed by atoms with Crippen LogP contribution >= 0.6 is 0 Å². The van der Waals surface area contributed by atoms with Gasteiger partial charge < -0.3 is 15.8 Å². The average molecular weight is 256 g/mol. The van der Waals surface area contributed by atoms with Gasteiger partial charge in [-0.25, -0.2) is 0 Å². The third-order valence-electron chi connectivity index (χ3n) is 3.61. The molecule has 1 aliphatic carbocycles. The van der Waals surface area contributed by atoms with Gasteiger partial charge in [0.15, 0.2) is 0 Å². The highest BCUT2D eigenvalue weighted by Crippen LogP contribution is 2.19. The first-order chi connectivity index (χ1) is 8.59. The normalized spacial score (nSPS) is 18.9. The molecule has 0 bridgehead atoms. The molecule has 3 N–H and O–H groups in total. The van der Waals surface area contributed by atoms with Crippen molar-refractivity contribution in [1.82, 2.24) is 5.32 Å². The molecule has 1 aliphatic rings. The van der Waals surface area contributed by atoms with Crippen molar-refractivity contribution in [1.29, 1.82) is 0 Å². The lowest BCUT2D eigenvalue weighted by Crippen LogP contribution is -2.36. The Labute approximate surface area is 111 Å². The Balaban J connectivity index is 2.01. The average Bonchev–Trinajstić information content (AvgIpc) is 2.35. The molecule has 0 heterocycles. The van der Waals surface area contributed by atoms with E-state index in [1.54, 1.807) is 0 Å². The fourth-order valence-electron chi connectivity index (χ4n) is 2.17. The first kappa shape index (κ1) is 15.4. The van der Waals surface area contributed by atoms with Gasteiger partial charge in [-0.05, 0) is 18.8 Å². The van der Waals surface area contributed by atoms with Gasteiger partial charge in [0.1, 0.15) is 0 Å². The highest BCUT2D eigenvalue weighted by Gasteiger charge is 2.14. The van der Waals surface area contributed by atoms with Crippen LogP contribution in [0.5, 0.6) is 0 Å². The van der Waals surface area contributed by atoms with Crippen molar-refractivity contribution in [3.8, 4) is 0 Å². The maximum atomic E-state index is 11.6. The van der Waals surface area contributed by atoms with E-state index in [9.17, 15) is 4.79 Å². The van der Waals surface area contributed by atoms with Crippen molar-refractivity contribution in [2.24, 2.45) is 11.7 Å². The van der Waals surface area contributed by atoms with Crippen LogP contribution in [0.1, 0.15) is 52.4 Å². The first-order valence-electron chi connectivity index (χ1n) is 7.23. The predicted octanol–water partition coefficient (Wildman–Crippen LogP) is 1.83. The molecule has 0 aromatic carbocycles. The van der Waals surface area contributed by atoms with Crippen LogP contribution in [0.25, 0.3) is 0 Å². The Kier molecular flexibility index (Phi) is 7.28. The second-order valence-corrected chi connectivity index (χ2v) is 5.59. The Hall–Kier alpha value is -0.610. The summed E-state index contributed by atoms with van der Waals surface area (Å²) in [6, 6.07) is -0.0516. The van der Waals surface area contributed by atoms with E-state index in [0.29, 0.717) is 31.6 Å². The molecule has 4 nitrogen and oxygen atoms in total. The van der Waals surface area contributed by atoms with Crippen molar-refractivity contribution in [2.75, 3.05) is 13.2 Å². The van der Waals surface area contributed by atoms with Crippen molar-refractivity contribution in [3.63, 3.8) is 0 Å². The van der Waals surface area contributed by atoms with Gasteiger partial charge in [0.25, 0.3) is 0 Å². The molecule has 0 spiro atoms. The molecule has 18 heavy (non-hydrogen) atoms. The van der Waals surface area contributed by atoms with Crippen LogP contribution in [-0.2, 0) is 9.53 Å². The lowest BCUT2D eigenvalue weighted by atomic mass is 9.98. The van der Waals surface area contributed by atoms with Gasteiger partial charge in [-0.3, -0.25) is 4.79 Å². The molecule has 4 heteroatoms. The van der Waals surface area contributed by atoms with Gasteiger partial charge >= 0.3 is 0 Å². The zero-order valence-corrected chi connectivity index (χ0v) is 11.8. The lowest BCUT2D eigenvalue weighted by Gasteiger charge is -2.22. The van der Waals surface area contributed by atoms with E-state index < -0.39 is 0 Å². The zero-order chi connectivity index (χ0) is 13.4. The summed E-state index contributed by atoms with van der Waals surface area (Å²) in [7, 11) is 0. The number of rotatable bonds is 7. The van der Waals surface area contributed by atoms with Crippen molar-refractivity contribution < 1.29 is 9.53 Å². The van der Waals surface area contributed by atoms with Crippen LogP contribution in [0, 0.1) is 5.92 Å². The van der Waals surface area contributed by atoms with E-state index in [-0.39, 0.29) is 11.9 Å². The molecule has 0 radical (unpaired) electrons. The fraction of sp³-hybridized carbons (Fsp3) is 0.929. The fourth-order valence-corrected chi connectivity index (χ4v) is 2.17. The number of carbonyl (C=O) groups is 1. The topological polar surface area (TPSA) is 64.4 Å². The maximum Gasteiger partial charge on any atom is 0.221 e. The summed E-state index contributed by atoms with van der Waals surface area (Å²) >= 11 is 0. The van der Waals surface area contributed by atoms with E-state index in [1.807, 2.05) is 13.8 Å². The van der Waals surface area contributed by atoms with Crippen molar-refractivity contribution in [2.45, 2.75) is 64.5 Å². The number of nitrogens with two attached hydrogens (primary N) is 1. The number of carbonyl (C=O) groups excluding carboxylic acids is 1. The van der Waals surface area contributed by atoms with Crippen molar-refractivity contribution >= 4 is 5.91 Å². The number of nitrogens with one attached hydrogen (secondary N) is 1. The minimum Gasteiger partial charge on any atom is -0.376 e. The summed E-state index contributed by atoms with van der Waals surface area (Å²) in [5, 5.41) is 2.86. The molecule has 0 aliphatic heterocycles. The third-order valence-corrected chi connectivity index (χ3v) is 3.61. The molecule has 106 valence electrons. The molecule has 1 unspecified atom stereocenters. The summed E-state index contributed by atoms with van der Waals surface area (Å²) in [5.74, 6) is 0.373. The molecule has 0 aromatic rings.